The Morgan fingerprint density at radius 3 is 2.94 bits per heavy atom. The average molecular weight is 329 g/mol. The van der Waals surface area contributed by atoms with Crippen molar-refractivity contribution in [3.8, 4) is 0 Å². The number of nitrogen functional groups attached to an aromatic ring is 1. The highest BCUT2D eigenvalue weighted by atomic mass is 79.9. The molecule has 0 saturated heterocycles. The van der Waals surface area contributed by atoms with Gasteiger partial charge in [-0.1, -0.05) is 6.07 Å². The molecule has 1 aromatic heterocycles. The van der Waals surface area contributed by atoms with Crippen LogP contribution in [0, 0.1) is 5.82 Å². The zero-order valence-corrected chi connectivity index (χ0v) is 11.6. The minimum atomic E-state index is -0.582. The van der Waals surface area contributed by atoms with Crippen LogP contribution in [-0.2, 0) is 6.54 Å². The number of anilines is 1. The summed E-state index contributed by atoms with van der Waals surface area (Å²) in [5, 5.41) is 4.63. The molecule has 1 aromatic carbocycles. The number of hydrogen-bond donors (Lipinski definition) is 2. The fourth-order valence-electron chi connectivity index (χ4n) is 1.44. The van der Waals surface area contributed by atoms with Crippen molar-refractivity contribution < 1.29 is 9.18 Å². The van der Waals surface area contributed by atoms with E-state index >= 15 is 0 Å². The van der Waals surface area contributed by atoms with E-state index in [-0.39, 0.29) is 17.2 Å². The molecular weight excluding hydrogens is 319 g/mol. The second kappa shape index (κ2) is 5.49. The number of nitrogens with two attached hydrogens (primary N) is 1. The Balaban J connectivity index is 2.06. The third-order valence-electron chi connectivity index (χ3n) is 2.34. The number of thiophene rings is 1. The van der Waals surface area contributed by atoms with Crippen molar-refractivity contribution in [2.75, 3.05) is 5.73 Å². The smallest absolute Gasteiger partial charge is 0.253 e. The maximum atomic E-state index is 13.2. The molecule has 0 saturated carbocycles. The Labute approximate surface area is 116 Å². The van der Waals surface area contributed by atoms with E-state index in [9.17, 15) is 9.18 Å². The van der Waals surface area contributed by atoms with Crippen molar-refractivity contribution >= 4 is 38.9 Å². The van der Waals surface area contributed by atoms with E-state index in [0.29, 0.717) is 6.54 Å². The molecule has 3 nitrogen and oxygen atoms in total. The van der Waals surface area contributed by atoms with Crippen LogP contribution in [0.25, 0.3) is 0 Å². The second-order valence-corrected chi connectivity index (χ2v) is 5.53. The maximum Gasteiger partial charge on any atom is 0.253 e. The molecule has 18 heavy (non-hydrogen) atoms. The zero-order chi connectivity index (χ0) is 13.1. The fourth-order valence-corrected chi connectivity index (χ4v) is 2.83. The summed E-state index contributed by atoms with van der Waals surface area (Å²) in [5.41, 5.74) is 5.55. The van der Waals surface area contributed by atoms with Gasteiger partial charge < -0.3 is 11.1 Å². The Kier molecular flexibility index (Phi) is 3.98. The van der Waals surface area contributed by atoms with Crippen LogP contribution in [0.2, 0.25) is 0 Å². The highest BCUT2D eigenvalue weighted by molar-refractivity contribution is 9.10. The normalized spacial score (nSPS) is 10.3. The van der Waals surface area contributed by atoms with Crippen LogP contribution in [-0.4, -0.2) is 5.91 Å². The summed E-state index contributed by atoms with van der Waals surface area (Å²) < 4.78 is 14.2. The Hall–Kier alpha value is -1.40. The van der Waals surface area contributed by atoms with Gasteiger partial charge in [0.05, 0.1) is 17.8 Å². The lowest BCUT2D eigenvalue weighted by atomic mass is 10.1. The van der Waals surface area contributed by atoms with Gasteiger partial charge in [0, 0.05) is 14.7 Å². The van der Waals surface area contributed by atoms with Crippen molar-refractivity contribution in [1.82, 2.24) is 5.32 Å². The highest BCUT2D eigenvalue weighted by Crippen LogP contribution is 2.20. The van der Waals surface area contributed by atoms with Crippen LogP contribution in [0.3, 0.4) is 0 Å². The van der Waals surface area contributed by atoms with Gasteiger partial charge in [-0.3, -0.25) is 4.79 Å². The van der Waals surface area contributed by atoms with Gasteiger partial charge >= 0.3 is 0 Å². The first-order chi connectivity index (χ1) is 8.58. The van der Waals surface area contributed by atoms with Gasteiger partial charge in [-0.2, -0.15) is 0 Å². The average Bonchev–Trinajstić information content (AvgIpc) is 2.76. The SMILES string of the molecule is Nc1c(F)cccc1C(=O)NCc1cc(Br)cs1. The van der Waals surface area contributed by atoms with Crippen LogP contribution in [0.5, 0.6) is 0 Å². The number of hydrogen-bond acceptors (Lipinski definition) is 3. The number of para-hydroxylation sites is 1. The molecule has 2 aromatic rings. The molecule has 0 atom stereocenters. The van der Waals surface area contributed by atoms with E-state index in [2.05, 4.69) is 21.2 Å². The third-order valence-corrected chi connectivity index (χ3v) is 4.04. The number of rotatable bonds is 3. The molecule has 6 heteroatoms. The first-order valence-electron chi connectivity index (χ1n) is 5.13. The standard InChI is InChI=1S/C12H10BrFN2OS/c13-7-4-8(18-6-7)5-16-12(17)9-2-1-3-10(14)11(9)15/h1-4,6H,5,15H2,(H,16,17). The summed E-state index contributed by atoms with van der Waals surface area (Å²) >= 11 is 4.86. The van der Waals surface area contributed by atoms with E-state index in [1.165, 1.54) is 29.5 Å². The maximum absolute atomic E-state index is 13.2. The molecule has 0 bridgehead atoms. The van der Waals surface area contributed by atoms with Gasteiger partial charge in [-0.15, -0.1) is 11.3 Å². The summed E-state index contributed by atoms with van der Waals surface area (Å²) in [6, 6.07) is 6.10. The van der Waals surface area contributed by atoms with Gasteiger partial charge in [0.25, 0.3) is 5.91 Å². The van der Waals surface area contributed by atoms with Crippen molar-refractivity contribution in [2.24, 2.45) is 0 Å². The molecule has 1 amide bonds. The zero-order valence-electron chi connectivity index (χ0n) is 9.24. The van der Waals surface area contributed by atoms with E-state index in [0.717, 1.165) is 9.35 Å². The lowest BCUT2D eigenvalue weighted by Gasteiger charge is -2.06. The Morgan fingerprint density at radius 2 is 2.28 bits per heavy atom. The molecule has 2 rings (SSSR count). The van der Waals surface area contributed by atoms with Crippen molar-refractivity contribution in [1.29, 1.82) is 0 Å². The number of amides is 1. The summed E-state index contributed by atoms with van der Waals surface area (Å²) in [5.74, 6) is -0.960. The van der Waals surface area contributed by atoms with Gasteiger partial charge in [0.1, 0.15) is 5.82 Å². The number of carbonyl (C=O) groups excluding carboxylic acids is 1. The van der Waals surface area contributed by atoms with Crippen molar-refractivity contribution in [3.05, 3.63) is 50.4 Å². The van der Waals surface area contributed by atoms with Crippen molar-refractivity contribution in [2.45, 2.75) is 6.54 Å². The first kappa shape index (κ1) is 13.0. The van der Waals surface area contributed by atoms with E-state index in [1.54, 1.807) is 0 Å². The minimum Gasteiger partial charge on any atom is -0.396 e. The molecule has 0 radical (unpaired) electrons. The van der Waals surface area contributed by atoms with Crippen LogP contribution in [0.1, 0.15) is 15.2 Å². The topological polar surface area (TPSA) is 55.1 Å². The van der Waals surface area contributed by atoms with Gasteiger partial charge in [0.2, 0.25) is 0 Å². The fraction of sp³-hybridized carbons (Fsp3) is 0.0833. The number of benzene rings is 1. The molecule has 0 fully saturated rings. The summed E-state index contributed by atoms with van der Waals surface area (Å²) in [6.07, 6.45) is 0. The Morgan fingerprint density at radius 1 is 1.50 bits per heavy atom. The highest BCUT2D eigenvalue weighted by Gasteiger charge is 2.12. The third kappa shape index (κ3) is 2.88. The lowest BCUT2D eigenvalue weighted by molar-refractivity contribution is 0.0952. The minimum absolute atomic E-state index is 0.123. The molecule has 0 aliphatic heterocycles. The van der Waals surface area contributed by atoms with Crippen LogP contribution >= 0.6 is 27.3 Å². The first-order valence-corrected chi connectivity index (χ1v) is 6.80. The van der Waals surface area contributed by atoms with Crippen LogP contribution < -0.4 is 11.1 Å². The van der Waals surface area contributed by atoms with E-state index in [1.807, 2.05) is 11.4 Å². The quantitative estimate of drug-likeness (QED) is 0.850. The molecular formula is C12H10BrFN2OS. The van der Waals surface area contributed by atoms with Crippen molar-refractivity contribution in [3.63, 3.8) is 0 Å². The van der Waals surface area contributed by atoms with Gasteiger partial charge in [-0.05, 0) is 34.1 Å². The summed E-state index contributed by atoms with van der Waals surface area (Å²) in [7, 11) is 0. The predicted molar refractivity (Wildman–Crippen MR) is 74.0 cm³/mol. The van der Waals surface area contributed by atoms with Crippen LogP contribution in [0.4, 0.5) is 10.1 Å². The monoisotopic (exact) mass is 328 g/mol. The molecule has 0 aliphatic carbocycles. The predicted octanol–water partition coefficient (Wildman–Crippen LogP) is 3.16. The van der Waals surface area contributed by atoms with Crippen LogP contribution in [0.15, 0.2) is 34.1 Å². The lowest BCUT2D eigenvalue weighted by Crippen LogP contribution is -2.23. The summed E-state index contributed by atoms with van der Waals surface area (Å²) in [4.78, 5) is 12.8. The molecule has 94 valence electrons. The van der Waals surface area contributed by atoms with E-state index < -0.39 is 5.82 Å². The number of nitrogens with one attached hydrogen (secondary N) is 1. The summed E-state index contributed by atoms with van der Waals surface area (Å²) in [6.45, 7) is 0.394. The van der Waals surface area contributed by atoms with E-state index in [4.69, 9.17) is 5.73 Å². The largest absolute Gasteiger partial charge is 0.396 e. The molecule has 3 N–H and O–H groups in total. The molecule has 0 spiro atoms. The molecule has 0 aliphatic rings. The Bertz CT molecular complexity index is 585. The number of carbonyl (C=O) groups is 1. The molecule has 1 heterocycles. The number of halogens is 2. The van der Waals surface area contributed by atoms with Gasteiger partial charge in [0.15, 0.2) is 0 Å². The van der Waals surface area contributed by atoms with Gasteiger partial charge in [-0.25, -0.2) is 4.39 Å². The second-order valence-electron chi connectivity index (χ2n) is 3.61. The molecule has 0 unspecified atom stereocenters.